The highest BCUT2D eigenvalue weighted by molar-refractivity contribution is 6.29. The Morgan fingerprint density at radius 3 is 2.69 bits per heavy atom. The van der Waals surface area contributed by atoms with Crippen molar-refractivity contribution in [3.63, 3.8) is 0 Å². The van der Waals surface area contributed by atoms with Crippen LogP contribution in [0.2, 0.25) is 0 Å². The van der Waals surface area contributed by atoms with E-state index in [0.717, 1.165) is 11.1 Å². The van der Waals surface area contributed by atoms with Gasteiger partial charge < -0.3 is 5.11 Å². The van der Waals surface area contributed by atoms with E-state index in [1.165, 1.54) is 0 Å². The summed E-state index contributed by atoms with van der Waals surface area (Å²) in [5, 5.41) is 7.77. The molecule has 1 N–H and O–H groups in total. The van der Waals surface area contributed by atoms with Crippen LogP contribution in [-0.4, -0.2) is 16.5 Å². The van der Waals surface area contributed by atoms with Crippen LogP contribution in [-0.2, 0) is 11.2 Å². The molecule has 0 bridgehead atoms. The average molecular weight is 199 g/mol. The van der Waals surface area contributed by atoms with Crippen molar-refractivity contribution in [2.45, 2.75) is 18.7 Å². The molecule has 1 aromatic rings. The van der Waals surface area contributed by atoms with Gasteiger partial charge in [0.25, 0.3) is 0 Å². The van der Waals surface area contributed by atoms with E-state index in [0.29, 0.717) is 6.42 Å². The molecule has 0 aliphatic carbocycles. The molecule has 1 unspecified atom stereocenters. The maximum Gasteiger partial charge on any atom is 0.321 e. The van der Waals surface area contributed by atoms with Gasteiger partial charge in [-0.1, -0.05) is 24.3 Å². The van der Waals surface area contributed by atoms with Crippen LogP contribution in [0.15, 0.2) is 24.3 Å². The van der Waals surface area contributed by atoms with Crippen LogP contribution in [0.5, 0.6) is 0 Å². The summed E-state index contributed by atoms with van der Waals surface area (Å²) in [6, 6.07) is 7.64. The summed E-state index contributed by atoms with van der Waals surface area (Å²) in [6.45, 7) is 1.95. The number of benzene rings is 1. The zero-order valence-electron chi connectivity index (χ0n) is 7.33. The van der Waals surface area contributed by atoms with E-state index in [1.807, 2.05) is 31.2 Å². The second kappa shape index (κ2) is 4.28. The van der Waals surface area contributed by atoms with Gasteiger partial charge in [0.15, 0.2) is 0 Å². The van der Waals surface area contributed by atoms with Crippen LogP contribution in [0, 0.1) is 6.92 Å². The Morgan fingerprint density at radius 2 is 2.15 bits per heavy atom. The Labute approximate surface area is 82.2 Å². The van der Waals surface area contributed by atoms with E-state index in [1.54, 1.807) is 0 Å². The van der Waals surface area contributed by atoms with Gasteiger partial charge in [-0.15, -0.1) is 11.6 Å². The lowest BCUT2D eigenvalue weighted by molar-refractivity contribution is -0.136. The number of carbonyl (C=O) groups is 1. The monoisotopic (exact) mass is 198 g/mol. The lowest BCUT2D eigenvalue weighted by Gasteiger charge is -2.06. The molecule has 0 fully saturated rings. The summed E-state index contributed by atoms with van der Waals surface area (Å²) in [6.07, 6.45) is 0.379. The molecular weight excluding hydrogens is 188 g/mol. The van der Waals surface area contributed by atoms with Gasteiger partial charge in [-0.3, -0.25) is 4.79 Å². The van der Waals surface area contributed by atoms with Crippen LogP contribution in [0.4, 0.5) is 0 Å². The molecule has 13 heavy (non-hydrogen) atoms. The fourth-order valence-corrected chi connectivity index (χ4v) is 1.29. The highest BCUT2D eigenvalue weighted by atomic mass is 35.5. The van der Waals surface area contributed by atoms with E-state index in [4.69, 9.17) is 16.7 Å². The standard InChI is InChI=1S/C10H11ClO2/c1-7-4-2-3-5-8(7)6-9(11)10(12)13/h2-5,9H,6H2,1H3,(H,12,13). The van der Waals surface area contributed by atoms with Gasteiger partial charge in [0.1, 0.15) is 5.38 Å². The van der Waals surface area contributed by atoms with Gasteiger partial charge in [0, 0.05) is 0 Å². The van der Waals surface area contributed by atoms with Crippen molar-refractivity contribution in [3.8, 4) is 0 Å². The number of carboxylic acids is 1. The lowest BCUT2D eigenvalue weighted by atomic mass is 10.0. The van der Waals surface area contributed by atoms with Crippen molar-refractivity contribution in [3.05, 3.63) is 35.4 Å². The molecule has 3 heteroatoms. The maximum absolute atomic E-state index is 10.5. The van der Waals surface area contributed by atoms with Gasteiger partial charge in [-0.05, 0) is 24.5 Å². The highest BCUT2D eigenvalue weighted by Crippen LogP contribution is 2.12. The molecule has 0 radical (unpaired) electrons. The molecule has 1 rings (SSSR count). The number of halogens is 1. The molecule has 1 atom stereocenters. The fourth-order valence-electron chi connectivity index (χ4n) is 1.12. The summed E-state index contributed by atoms with van der Waals surface area (Å²) < 4.78 is 0. The molecule has 0 spiro atoms. The summed E-state index contributed by atoms with van der Waals surface area (Å²) >= 11 is 5.62. The third-order valence-electron chi connectivity index (χ3n) is 1.93. The van der Waals surface area contributed by atoms with Gasteiger partial charge in [-0.25, -0.2) is 0 Å². The third kappa shape index (κ3) is 2.74. The van der Waals surface area contributed by atoms with Crippen LogP contribution in [0.3, 0.4) is 0 Å². The number of hydrogen-bond donors (Lipinski definition) is 1. The van der Waals surface area contributed by atoms with Crippen molar-refractivity contribution in [1.82, 2.24) is 0 Å². The number of hydrogen-bond acceptors (Lipinski definition) is 1. The first-order valence-corrected chi connectivity index (χ1v) is 4.46. The molecular formula is C10H11ClO2. The van der Waals surface area contributed by atoms with Crippen LogP contribution in [0.1, 0.15) is 11.1 Å². The third-order valence-corrected chi connectivity index (χ3v) is 2.27. The molecule has 0 aromatic heterocycles. The average Bonchev–Trinajstić information content (AvgIpc) is 2.08. The largest absolute Gasteiger partial charge is 0.480 e. The van der Waals surface area contributed by atoms with E-state index >= 15 is 0 Å². The highest BCUT2D eigenvalue weighted by Gasteiger charge is 2.14. The molecule has 0 heterocycles. The first-order valence-electron chi connectivity index (χ1n) is 4.02. The number of alkyl halides is 1. The van der Waals surface area contributed by atoms with Gasteiger partial charge in [0.2, 0.25) is 0 Å². The Kier molecular flexibility index (Phi) is 3.32. The van der Waals surface area contributed by atoms with Crippen molar-refractivity contribution in [2.75, 3.05) is 0 Å². The zero-order chi connectivity index (χ0) is 9.84. The van der Waals surface area contributed by atoms with Crippen LogP contribution < -0.4 is 0 Å². The fraction of sp³-hybridized carbons (Fsp3) is 0.300. The van der Waals surface area contributed by atoms with E-state index in [9.17, 15) is 4.79 Å². The Morgan fingerprint density at radius 1 is 1.54 bits per heavy atom. The minimum absolute atomic E-state index is 0.379. The quantitative estimate of drug-likeness (QED) is 0.757. The molecule has 0 saturated carbocycles. The predicted octanol–water partition coefficient (Wildman–Crippen LogP) is 2.23. The SMILES string of the molecule is Cc1ccccc1CC(Cl)C(=O)O. The van der Waals surface area contributed by atoms with E-state index in [-0.39, 0.29) is 0 Å². The molecule has 70 valence electrons. The Hall–Kier alpha value is -1.02. The normalized spacial score (nSPS) is 12.5. The Balaban J connectivity index is 2.74. The maximum atomic E-state index is 10.5. The van der Waals surface area contributed by atoms with Gasteiger partial charge in [0.05, 0.1) is 0 Å². The Bertz CT molecular complexity index is 310. The van der Waals surface area contributed by atoms with E-state index in [2.05, 4.69) is 0 Å². The smallest absolute Gasteiger partial charge is 0.321 e. The van der Waals surface area contributed by atoms with Crippen molar-refractivity contribution >= 4 is 17.6 Å². The summed E-state index contributed by atoms with van der Waals surface area (Å²) in [5.74, 6) is -0.968. The summed E-state index contributed by atoms with van der Waals surface area (Å²) in [4.78, 5) is 10.5. The number of aryl methyl sites for hydroxylation is 1. The second-order valence-electron chi connectivity index (χ2n) is 2.94. The van der Waals surface area contributed by atoms with E-state index < -0.39 is 11.3 Å². The molecule has 0 aliphatic rings. The predicted molar refractivity (Wildman–Crippen MR) is 52.2 cm³/mol. The van der Waals surface area contributed by atoms with Gasteiger partial charge >= 0.3 is 5.97 Å². The van der Waals surface area contributed by atoms with Gasteiger partial charge in [-0.2, -0.15) is 0 Å². The van der Waals surface area contributed by atoms with Crippen LogP contribution >= 0.6 is 11.6 Å². The molecule has 1 aromatic carbocycles. The molecule has 2 nitrogen and oxygen atoms in total. The summed E-state index contributed by atoms with van der Waals surface area (Å²) in [5.41, 5.74) is 2.07. The summed E-state index contributed by atoms with van der Waals surface area (Å²) in [7, 11) is 0. The van der Waals surface area contributed by atoms with Crippen molar-refractivity contribution < 1.29 is 9.90 Å². The number of rotatable bonds is 3. The minimum atomic E-state index is -0.968. The first-order chi connectivity index (χ1) is 6.11. The second-order valence-corrected chi connectivity index (χ2v) is 3.46. The van der Waals surface area contributed by atoms with Crippen LogP contribution in [0.25, 0.3) is 0 Å². The topological polar surface area (TPSA) is 37.3 Å². The molecule has 0 saturated heterocycles. The van der Waals surface area contributed by atoms with Crippen molar-refractivity contribution in [2.24, 2.45) is 0 Å². The zero-order valence-corrected chi connectivity index (χ0v) is 8.08. The molecule has 0 amide bonds. The number of aliphatic carboxylic acids is 1. The first kappa shape index (κ1) is 10.1. The minimum Gasteiger partial charge on any atom is -0.480 e. The lowest BCUT2D eigenvalue weighted by Crippen LogP contribution is -2.16. The van der Waals surface area contributed by atoms with Crippen molar-refractivity contribution in [1.29, 1.82) is 0 Å². The molecule has 0 aliphatic heterocycles. The number of carboxylic acid groups (broad SMARTS) is 1.